The first kappa shape index (κ1) is 16.9. The van der Waals surface area contributed by atoms with Gasteiger partial charge in [-0.15, -0.1) is 24.8 Å². The van der Waals surface area contributed by atoms with Crippen molar-refractivity contribution in [3.05, 3.63) is 29.0 Å². The van der Waals surface area contributed by atoms with Crippen LogP contribution < -0.4 is 5.32 Å². The number of pyridine rings is 1. The molecule has 1 fully saturated rings. The molecule has 0 unspecified atom stereocenters. The van der Waals surface area contributed by atoms with Crippen LogP contribution in [0.15, 0.2) is 18.5 Å². The van der Waals surface area contributed by atoms with Gasteiger partial charge in [-0.1, -0.05) is 11.6 Å². The number of rotatable bonds is 2. The molecule has 1 saturated heterocycles. The van der Waals surface area contributed by atoms with Crippen molar-refractivity contribution in [3.8, 4) is 0 Å². The molecule has 1 aliphatic heterocycles. The Hall–Kier alpha value is -0.0600. The van der Waals surface area contributed by atoms with Crippen molar-refractivity contribution < 1.29 is 0 Å². The molecule has 0 aliphatic carbocycles. The zero-order chi connectivity index (χ0) is 10.7. The average molecular weight is 299 g/mol. The maximum Gasteiger partial charge on any atom is 0.0634 e. The van der Waals surface area contributed by atoms with Crippen molar-refractivity contribution in [2.24, 2.45) is 0 Å². The van der Waals surface area contributed by atoms with E-state index in [2.05, 4.69) is 22.1 Å². The van der Waals surface area contributed by atoms with Gasteiger partial charge in [0.05, 0.1) is 5.02 Å². The molecule has 0 saturated carbocycles. The normalized spacial score (nSPS) is 20.2. The van der Waals surface area contributed by atoms with Gasteiger partial charge in [-0.05, 0) is 18.6 Å². The topological polar surface area (TPSA) is 28.2 Å². The molecule has 0 radical (unpaired) electrons. The Morgan fingerprint density at radius 2 is 2.29 bits per heavy atom. The van der Waals surface area contributed by atoms with E-state index in [4.69, 9.17) is 11.6 Å². The molecule has 1 aromatic heterocycles. The van der Waals surface area contributed by atoms with Crippen LogP contribution >= 0.6 is 36.4 Å². The van der Waals surface area contributed by atoms with E-state index in [-0.39, 0.29) is 24.8 Å². The molecular weight excluding hydrogens is 281 g/mol. The smallest absolute Gasteiger partial charge is 0.0634 e. The monoisotopic (exact) mass is 297 g/mol. The van der Waals surface area contributed by atoms with Crippen LogP contribution in [-0.4, -0.2) is 35.6 Å². The molecule has 17 heavy (non-hydrogen) atoms. The minimum absolute atomic E-state index is 0. The summed E-state index contributed by atoms with van der Waals surface area (Å²) in [6.45, 7) is 6.36. The third-order valence-corrected chi connectivity index (χ3v) is 3.21. The molecule has 1 N–H and O–H groups in total. The molecule has 1 atom stereocenters. The Morgan fingerprint density at radius 3 is 2.94 bits per heavy atom. The van der Waals surface area contributed by atoms with Crippen molar-refractivity contribution in [2.45, 2.75) is 19.5 Å². The first-order chi connectivity index (χ1) is 7.27. The lowest BCUT2D eigenvalue weighted by molar-refractivity contribution is 0.165. The summed E-state index contributed by atoms with van der Waals surface area (Å²) in [5.74, 6) is 0. The number of hydrogen-bond acceptors (Lipinski definition) is 3. The van der Waals surface area contributed by atoms with E-state index in [1.807, 2.05) is 6.07 Å². The van der Waals surface area contributed by atoms with Crippen molar-refractivity contribution in [1.29, 1.82) is 0 Å². The number of halogens is 3. The summed E-state index contributed by atoms with van der Waals surface area (Å²) < 4.78 is 0. The van der Waals surface area contributed by atoms with Gasteiger partial charge in [0.2, 0.25) is 0 Å². The van der Waals surface area contributed by atoms with Gasteiger partial charge in [0.1, 0.15) is 0 Å². The average Bonchev–Trinajstić information content (AvgIpc) is 2.24. The van der Waals surface area contributed by atoms with Gasteiger partial charge < -0.3 is 5.32 Å². The summed E-state index contributed by atoms with van der Waals surface area (Å²) >= 11 is 6.09. The van der Waals surface area contributed by atoms with E-state index in [9.17, 15) is 0 Å². The SMILES string of the molecule is C[C@@H]1CNCCN1Cc1ccncc1Cl.Cl.Cl. The molecule has 0 bridgehead atoms. The summed E-state index contributed by atoms with van der Waals surface area (Å²) in [5, 5.41) is 4.14. The van der Waals surface area contributed by atoms with Gasteiger partial charge in [0.15, 0.2) is 0 Å². The summed E-state index contributed by atoms with van der Waals surface area (Å²) in [6.07, 6.45) is 3.51. The van der Waals surface area contributed by atoms with Gasteiger partial charge in [-0.2, -0.15) is 0 Å². The second kappa shape index (κ2) is 8.11. The lowest BCUT2D eigenvalue weighted by Crippen LogP contribution is -2.49. The minimum Gasteiger partial charge on any atom is -0.314 e. The Morgan fingerprint density at radius 1 is 1.53 bits per heavy atom. The number of piperazine rings is 1. The maximum absolute atomic E-state index is 6.09. The number of hydrogen-bond donors (Lipinski definition) is 1. The van der Waals surface area contributed by atoms with Crippen LogP contribution in [0.2, 0.25) is 5.02 Å². The number of nitrogens with one attached hydrogen (secondary N) is 1. The van der Waals surface area contributed by atoms with Gasteiger partial charge in [-0.3, -0.25) is 9.88 Å². The van der Waals surface area contributed by atoms with Crippen LogP contribution in [0.1, 0.15) is 12.5 Å². The van der Waals surface area contributed by atoms with Crippen molar-refractivity contribution in [3.63, 3.8) is 0 Å². The van der Waals surface area contributed by atoms with Crippen LogP contribution in [0.5, 0.6) is 0 Å². The quantitative estimate of drug-likeness (QED) is 0.908. The lowest BCUT2D eigenvalue weighted by Gasteiger charge is -2.34. The number of aromatic nitrogens is 1. The van der Waals surface area contributed by atoms with Crippen LogP contribution in [0.25, 0.3) is 0 Å². The van der Waals surface area contributed by atoms with Crippen LogP contribution in [0, 0.1) is 0 Å². The first-order valence-electron chi connectivity index (χ1n) is 5.30. The Labute approximate surface area is 120 Å². The number of nitrogens with zero attached hydrogens (tertiary/aromatic N) is 2. The van der Waals surface area contributed by atoms with E-state index in [0.717, 1.165) is 31.2 Å². The molecule has 2 heterocycles. The van der Waals surface area contributed by atoms with E-state index >= 15 is 0 Å². The zero-order valence-corrected chi connectivity index (χ0v) is 12.1. The Balaban J connectivity index is 0.00000128. The predicted molar refractivity (Wildman–Crippen MR) is 76.5 cm³/mol. The van der Waals surface area contributed by atoms with E-state index in [1.54, 1.807) is 12.4 Å². The highest BCUT2D eigenvalue weighted by Gasteiger charge is 2.18. The van der Waals surface area contributed by atoms with Gasteiger partial charge in [0, 0.05) is 44.6 Å². The third-order valence-electron chi connectivity index (χ3n) is 2.87. The molecule has 1 aliphatic rings. The highest BCUT2D eigenvalue weighted by Crippen LogP contribution is 2.17. The van der Waals surface area contributed by atoms with Crippen LogP contribution in [0.3, 0.4) is 0 Å². The molecule has 6 heteroatoms. The van der Waals surface area contributed by atoms with Gasteiger partial charge in [0.25, 0.3) is 0 Å². The molecule has 0 spiro atoms. The van der Waals surface area contributed by atoms with Gasteiger partial charge in [-0.25, -0.2) is 0 Å². The van der Waals surface area contributed by atoms with E-state index in [1.165, 1.54) is 5.56 Å². The molecule has 0 aromatic carbocycles. The first-order valence-corrected chi connectivity index (χ1v) is 5.68. The zero-order valence-electron chi connectivity index (χ0n) is 9.73. The fourth-order valence-electron chi connectivity index (χ4n) is 1.87. The Kier molecular flexibility index (Phi) is 8.09. The van der Waals surface area contributed by atoms with Crippen LogP contribution in [-0.2, 0) is 6.54 Å². The van der Waals surface area contributed by atoms with E-state index in [0.29, 0.717) is 6.04 Å². The van der Waals surface area contributed by atoms with E-state index < -0.39 is 0 Å². The summed E-state index contributed by atoms with van der Waals surface area (Å²) in [5.41, 5.74) is 1.17. The highest BCUT2D eigenvalue weighted by atomic mass is 35.5. The van der Waals surface area contributed by atoms with Crippen molar-refractivity contribution >= 4 is 36.4 Å². The third kappa shape index (κ3) is 4.60. The molecular formula is C11H18Cl3N3. The largest absolute Gasteiger partial charge is 0.314 e. The molecule has 1 aromatic rings. The Bertz CT molecular complexity index is 335. The van der Waals surface area contributed by atoms with Gasteiger partial charge >= 0.3 is 0 Å². The molecule has 2 rings (SSSR count). The summed E-state index contributed by atoms with van der Waals surface area (Å²) in [4.78, 5) is 6.44. The lowest BCUT2D eigenvalue weighted by atomic mass is 10.1. The molecule has 98 valence electrons. The van der Waals surface area contributed by atoms with Crippen molar-refractivity contribution in [2.75, 3.05) is 19.6 Å². The summed E-state index contributed by atoms with van der Waals surface area (Å²) in [6, 6.07) is 2.57. The van der Waals surface area contributed by atoms with Crippen molar-refractivity contribution in [1.82, 2.24) is 15.2 Å². The standard InChI is InChI=1S/C11H16ClN3.2ClH/c1-9-6-14-4-5-15(9)8-10-2-3-13-7-11(10)12;;/h2-3,7,9,14H,4-6,8H2,1H3;2*1H/t9-;;/m1../s1. The maximum atomic E-state index is 6.09. The fourth-order valence-corrected chi connectivity index (χ4v) is 2.05. The van der Waals surface area contributed by atoms with Crippen LogP contribution in [0.4, 0.5) is 0 Å². The minimum atomic E-state index is 0. The predicted octanol–water partition coefficient (Wildman–Crippen LogP) is 2.37. The fraction of sp³-hybridized carbons (Fsp3) is 0.545. The highest BCUT2D eigenvalue weighted by molar-refractivity contribution is 6.31. The second-order valence-electron chi connectivity index (χ2n) is 3.99. The molecule has 3 nitrogen and oxygen atoms in total. The summed E-state index contributed by atoms with van der Waals surface area (Å²) in [7, 11) is 0. The second-order valence-corrected chi connectivity index (χ2v) is 4.40. The molecule has 0 amide bonds.